The largest absolute Gasteiger partial charge is 0.388 e. The Morgan fingerprint density at radius 3 is 2.50 bits per heavy atom. The normalized spacial score (nSPS) is 10.7. The molecular weight excluding hydrogens is 216 g/mol. The molecule has 4 nitrogen and oxygen atoms in total. The van der Waals surface area contributed by atoms with Gasteiger partial charge in [0.25, 0.3) is 0 Å². The summed E-state index contributed by atoms with van der Waals surface area (Å²) in [6.07, 6.45) is 1.28. The summed E-state index contributed by atoms with van der Waals surface area (Å²) >= 11 is 0. The van der Waals surface area contributed by atoms with Crippen LogP contribution in [-0.2, 0) is 13.2 Å². The molecule has 0 spiro atoms. The van der Waals surface area contributed by atoms with E-state index in [0.29, 0.717) is 11.4 Å². The number of aromatic nitrogens is 3. The maximum atomic E-state index is 12.9. The van der Waals surface area contributed by atoms with E-state index in [-0.39, 0.29) is 13.2 Å². The Balaban J connectivity index is 2.26. The second-order valence-electron chi connectivity index (χ2n) is 3.27. The van der Waals surface area contributed by atoms with Crippen molar-refractivity contribution in [1.82, 2.24) is 14.8 Å². The zero-order valence-electron chi connectivity index (χ0n) is 8.27. The van der Waals surface area contributed by atoms with Gasteiger partial charge in [-0.25, -0.2) is 18.4 Å². The van der Waals surface area contributed by atoms with Crippen molar-refractivity contribution in [3.05, 3.63) is 47.5 Å². The van der Waals surface area contributed by atoms with Gasteiger partial charge in [0.2, 0.25) is 0 Å². The summed E-state index contributed by atoms with van der Waals surface area (Å²) in [5.41, 5.74) is 0.428. The molecule has 1 heterocycles. The second-order valence-corrected chi connectivity index (χ2v) is 3.27. The van der Waals surface area contributed by atoms with Crippen molar-refractivity contribution in [3.8, 4) is 0 Å². The molecule has 0 amide bonds. The quantitative estimate of drug-likeness (QED) is 0.850. The fraction of sp³-hybridized carbons (Fsp3) is 0.200. The van der Waals surface area contributed by atoms with Gasteiger partial charge < -0.3 is 5.11 Å². The third-order valence-electron chi connectivity index (χ3n) is 2.09. The maximum absolute atomic E-state index is 12.9. The highest BCUT2D eigenvalue weighted by molar-refractivity contribution is 5.18. The molecule has 0 aliphatic rings. The molecule has 16 heavy (non-hydrogen) atoms. The summed E-state index contributed by atoms with van der Waals surface area (Å²) in [5.74, 6) is -0.925. The van der Waals surface area contributed by atoms with E-state index in [1.165, 1.54) is 23.1 Å². The molecule has 0 saturated carbocycles. The Morgan fingerprint density at radius 2 is 1.88 bits per heavy atom. The summed E-state index contributed by atoms with van der Waals surface area (Å²) in [6, 6.07) is 3.23. The fourth-order valence-electron chi connectivity index (χ4n) is 1.42. The molecule has 0 saturated heterocycles. The minimum absolute atomic E-state index is 0.171. The Morgan fingerprint density at radius 1 is 1.19 bits per heavy atom. The lowest BCUT2D eigenvalue weighted by molar-refractivity contribution is 0.264. The minimum Gasteiger partial charge on any atom is -0.388 e. The van der Waals surface area contributed by atoms with Crippen molar-refractivity contribution in [3.63, 3.8) is 0 Å². The highest BCUT2D eigenvalue weighted by atomic mass is 19.1. The first-order valence-electron chi connectivity index (χ1n) is 4.61. The van der Waals surface area contributed by atoms with E-state index >= 15 is 0 Å². The highest BCUT2D eigenvalue weighted by Crippen LogP contribution is 2.09. The number of hydrogen-bond acceptors (Lipinski definition) is 3. The Bertz CT molecular complexity index is 478. The van der Waals surface area contributed by atoms with Gasteiger partial charge in [-0.2, -0.15) is 5.10 Å². The molecule has 0 fully saturated rings. The van der Waals surface area contributed by atoms with Crippen LogP contribution in [0.15, 0.2) is 24.5 Å². The van der Waals surface area contributed by atoms with Gasteiger partial charge in [-0.3, -0.25) is 0 Å². The molecule has 6 heteroatoms. The standard InChI is InChI=1S/C10H9F2N3O/c11-8-1-7(2-9(12)3-8)4-15-10(5-16)13-6-14-15/h1-3,6,16H,4-5H2. The van der Waals surface area contributed by atoms with Crippen LogP contribution in [0.2, 0.25) is 0 Å². The number of hydrogen-bond donors (Lipinski definition) is 1. The molecule has 0 unspecified atom stereocenters. The first kappa shape index (κ1) is 10.7. The van der Waals surface area contributed by atoms with Gasteiger partial charge in [-0.1, -0.05) is 0 Å². The third kappa shape index (κ3) is 2.22. The molecule has 0 radical (unpaired) electrons. The zero-order chi connectivity index (χ0) is 11.5. The number of aliphatic hydroxyl groups excluding tert-OH is 1. The molecule has 2 aromatic rings. The molecule has 2 rings (SSSR count). The lowest BCUT2D eigenvalue weighted by Gasteiger charge is -2.04. The molecule has 0 aliphatic heterocycles. The van der Waals surface area contributed by atoms with E-state index in [2.05, 4.69) is 10.1 Å². The zero-order valence-corrected chi connectivity index (χ0v) is 8.27. The van der Waals surface area contributed by atoms with Crippen LogP contribution in [0.1, 0.15) is 11.4 Å². The Kier molecular flexibility index (Phi) is 2.91. The van der Waals surface area contributed by atoms with Crippen molar-refractivity contribution in [2.24, 2.45) is 0 Å². The van der Waals surface area contributed by atoms with Gasteiger partial charge in [0.15, 0.2) is 5.82 Å². The molecule has 1 aromatic carbocycles. The van der Waals surface area contributed by atoms with E-state index < -0.39 is 11.6 Å². The van der Waals surface area contributed by atoms with Crippen molar-refractivity contribution in [2.45, 2.75) is 13.2 Å². The van der Waals surface area contributed by atoms with Crippen LogP contribution in [0.4, 0.5) is 8.78 Å². The van der Waals surface area contributed by atoms with Crippen molar-refractivity contribution in [1.29, 1.82) is 0 Å². The van der Waals surface area contributed by atoms with Gasteiger partial charge in [0, 0.05) is 6.07 Å². The van der Waals surface area contributed by atoms with E-state index in [9.17, 15) is 8.78 Å². The van der Waals surface area contributed by atoms with Gasteiger partial charge >= 0.3 is 0 Å². The van der Waals surface area contributed by atoms with E-state index in [0.717, 1.165) is 6.07 Å². The molecule has 1 aromatic heterocycles. The molecule has 84 valence electrons. The van der Waals surface area contributed by atoms with Gasteiger partial charge in [0.05, 0.1) is 6.54 Å². The Labute approximate surface area is 90.2 Å². The monoisotopic (exact) mass is 225 g/mol. The maximum Gasteiger partial charge on any atom is 0.152 e. The SMILES string of the molecule is OCc1ncnn1Cc1cc(F)cc(F)c1. The Hall–Kier alpha value is -1.82. The molecule has 0 bridgehead atoms. The van der Waals surface area contributed by atoms with Crippen LogP contribution in [0, 0.1) is 11.6 Å². The van der Waals surface area contributed by atoms with E-state index in [4.69, 9.17) is 5.11 Å². The minimum atomic E-state index is -0.638. The van der Waals surface area contributed by atoms with Gasteiger partial charge in [-0.05, 0) is 17.7 Å². The number of aliphatic hydroxyl groups is 1. The van der Waals surface area contributed by atoms with Crippen LogP contribution < -0.4 is 0 Å². The number of nitrogens with zero attached hydrogens (tertiary/aromatic N) is 3. The fourth-order valence-corrected chi connectivity index (χ4v) is 1.42. The number of benzene rings is 1. The topological polar surface area (TPSA) is 50.9 Å². The lowest BCUT2D eigenvalue weighted by atomic mass is 10.2. The lowest BCUT2D eigenvalue weighted by Crippen LogP contribution is -2.07. The van der Waals surface area contributed by atoms with E-state index in [1.54, 1.807) is 0 Å². The average Bonchev–Trinajstić information content (AvgIpc) is 2.63. The predicted molar refractivity (Wildman–Crippen MR) is 51.4 cm³/mol. The first-order chi connectivity index (χ1) is 7.69. The molecular formula is C10H9F2N3O. The van der Waals surface area contributed by atoms with Crippen molar-refractivity contribution < 1.29 is 13.9 Å². The first-order valence-corrected chi connectivity index (χ1v) is 4.61. The summed E-state index contributed by atoms with van der Waals surface area (Å²) in [5, 5.41) is 12.8. The van der Waals surface area contributed by atoms with Gasteiger partial charge in [0.1, 0.15) is 24.6 Å². The summed E-state index contributed by atoms with van der Waals surface area (Å²) in [6.45, 7) is -0.0949. The summed E-state index contributed by atoms with van der Waals surface area (Å²) in [4.78, 5) is 3.79. The second kappa shape index (κ2) is 4.36. The number of rotatable bonds is 3. The average molecular weight is 225 g/mol. The predicted octanol–water partition coefficient (Wildman–Crippen LogP) is 1.10. The van der Waals surface area contributed by atoms with Crippen LogP contribution in [0.5, 0.6) is 0 Å². The molecule has 0 aliphatic carbocycles. The molecule has 0 atom stereocenters. The van der Waals surface area contributed by atoms with Crippen LogP contribution >= 0.6 is 0 Å². The molecule has 1 N–H and O–H groups in total. The van der Waals surface area contributed by atoms with Gasteiger partial charge in [-0.15, -0.1) is 0 Å². The van der Waals surface area contributed by atoms with E-state index in [1.807, 2.05) is 0 Å². The van der Waals surface area contributed by atoms with Crippen LogP contribution in [-0.4, -0.2) is 19.9 Å². The smallest absolute Gasteiger partial charge is 0.152 e. The van der Waals surface area contributed by atoms with Crippen molar-refractivity contribution >= 4 is 0 Å². The number of halogens is 2. The van der Waals surface area contributed by atoms with Crippen LogP contribution in [0.3, 0.4) is 0 Å². The van der Waals surface area contributed by atoms with Crippen LogP contribution in [0.25, 0.3) is 0 Å². The summed E-state index contributed by atoms with van der Waals surface area (Å²) < 4.78 is 27.2. The third-order valence-corrected chi connectivity index (χ3v) is 2.09. The summed E-state index contributed by atoms with van der Waals surface area (Å²) in [7, 11) is 0. The van der Waals surface area contributed by atoms with Crippen molar-refractivity contribution in [2.75, 3.05) is 0 Å². The highest BCUT2D eigenvalue weighted by Gasteiger charge is 2.06.